The molecule has 2 aromatic rings. The standard InChI is InChI=1S/C15H14BrF2NO/c1-2-14(13-5-9(16)3-4-15(13)20)19-12-7-10(17)6-11(18)8-12/h3-8,14,19-20H,2H2,1H3. The van der Waals surface area contributed by atoms with E-state index >= 15 is 0 Å². The number of hydrogen-bond acceptors (Lipinski definition) is 2. The Labute approximate surface area is 124 Å². The largest absolute Gasteiger partial charge is 0.508 e. The molecule has 0 saturated carbocycles. The Morgan fingerprint density at radius 1 is 1.15 bits per heavy atom. The summed E-state index contributed by atoms with van der Waals surface area (Å²) in [5.41, 5.74) is 1.01. The van der Waals surface area contributed by atoms with Gasteiger partial charge in [-0.1, -0.05) is 22.9 Å². The van der Waals surface area contributed by atoms with Gasteiger partial charge in [-0.25, -0.2) is 8.78 Å². The first-order valence-electron chi connectivity index (χ1n) is 6.20. The van der Waals surface area contributed by atoms with Crippen LogP contribution in [0.1, 0.15) is 24.9 Å². The topological polar surface area (TPSA) is 32.3 Å². The molecule has 0 radical (unpaired) electrons. The lowest BCUT2D eigenvalue weighted by Crippen LogP contribution is -2.10. The Balaban J connectivity index is 2.31. The summed E-state index contributed by atoms with van der Waals surface area (Å²) < 4.78 is 27.2. The van der Waals surface area contributed by atoms with Crippen LogP contribution in [-0.2, 0) is 0 Å². The summed E-state index contributed by atoms with van der Waals surface area (Å²) in [6.45, 7) is 1.92. The number of phenolic OH excluding ortho intramolecular Hbond substituents is 1. The highest BCUT2D eigenvalue weighted by Gasteiger charge is 2.14. The van der Waals surface area contributed by atoms with Crippen molar-refractivity contribution in [1.29, 1.82) is 0 Å². The molecule has 0 fully saturated rings. The highest BCUT2D eigenvalue weighted by Crippen LogP contribution is 2.32. The average Bonchev–Trinajstić information content (AvgIpc) is 2.38. The van der Waals surface area contributed by atoms with E-state index in [0.717, 1.165) is 10.5 Å². The van der Waals surface area contributed by atoms with Crippen molar-refractivity contribution in [2.45, 2.75) is 19.4 Å². The normalized spacial score (nSPS) is 12.2. The van der Waals surface area contributed by atoms with Crippen LogP contribution in [0.5, 0.6) is 5.75 Å². The van der Waals surface area contributed by atoms with Gasteiger partial charge in [0.1, 0.15) is 17.4 Å². The Hall–Kier alpha value is -1.62. The average molecular weight is 342 g/mol. The molecular formula is C15H14BrF2NO. The van der Waals surface area contributed by atoms with Gasteiger partial charge in [0.15, 0.2) is 0 Å². The van der Waals surface area contributed by atoms with Crippen molar-refractivity contribution in [3.63, 3.8) is 0 Å². The van der Waals surface area contributed by atoms with Gasteiger partial charge in [-0.05, 0) is 36.8 Å². The number of benzene rings is 2. The summed E-state index contributed by atoms with van der Waals surface area (Å²) in [7, 11) is 0. The molecule has 0 amide bonds. The van der Waals surface area contributed by atoms with Gasteiger partial charge >= 0.3 is 0 Å². The zero-order valence-corrected chi connectivity index (χ0v) is 12.4. The van der Waals surface area contributed by atoms with Gasteiger partial charge in [0.2, 0.25) is 0 Å². The summed E-state index contributed by atoms with van der Waals surface area (Å²) in [5, 5.41) is 12.9. The molecule has 0 bridgehead atoms. The zero-order chi connectivity index (χ0) is 14.7. The Kier molecular flexibility index (Phi) is 4.60. The van der Waals surface area contributed by atoms with Crippen molar-refractivity contribution >= 4 is 21.6 Å². The molecule has 5 heteroatoms. The van der Waals surface area contributed by atoms with Gasteiger partial charge in [-0.3, -0.25) is 0 Å². The second-order valence-corrected chi connectivity index (χ2v) is 5.38. The molecule has 0 aromatic heterocycles. The number of rotatable bonds is 4. The number of phenols is 1. The fraction of sp³-hybridized carbons (Fsp3) is 0.200. The van der Waals surface area contributed by atoms with E-state index in [2.05, 4.69) is 21.2 Å². The van der Waals surface area contributed by atoms with E-state index in [1.54, 1.807) is 18.2 Å². The number of aromatic hydroxyl groups is 1. The minimum atomic E-state index is -0.638. The predicted octanol–water partition coefficient (Wildman–Crippen LogP) is 5.00. The summed E-state index contributed by atoms with van der Waals surface area (Å²) in [6.07, 6.45) is 0.655. The third-order valence-corrected chi connectivity index (χ3v) is 3.47. The maximum atomic E-state index is 13.2. The lowest BCUT2D eigenvalue weighted by Gasteiger charge is -2.20. The minimum absolute atomic E-state index is 0.143. The maximum Gasteiger partial charge on any atom is 0.128 e. The molecule has 0 spiro atoms. The van der Waals surface area contributed by atoms with Crippen molar-refractivity contribution in [3.05, 3.63) is 58.1 Å². The van der Waals surface area contributed by atoms with Crippen LogP contribution < -0.4 is 5.32 Å². The molecule has 2 rings (SSSR count). The molecular weight excluding hydrogens is 328 g/mol. The van der Waals surface area contributed by atoms with E-state index in [1.807, 2.05) is 6.92 Å². The Bertz CT molecular complexity index is 599. The Morgan fingerprint density at radius 3 is 2.40 bits per heavy atom. The quantitative estimate of drug-likeness (QED) is 0.820. The van der Waals surface area contributed by atoms with E-state index < -0.39 is 11.6 Å². The molecule has 0 aliphatic rings. The van der Waals surface area contributed by atoms with Crippen molar-refractivity contribution in [2.24, 2.45) is 0 Å². The van der Waals surface area contributed by atoms with Crippen LogP contribution >= 0.6 is 15.9 Å². The van der Waals surface area contributed by atoms with Crippen LogP contribution in [0, 0.1) is 11.6 Å². The first-order chi connectivity index (χ1) is 9.49. The fourth-order valence-corrected chi connectivity index (χ4v) is 2.42. The second-order valence-electron chi connectivity index (χ2n) is 4.47. The third-order valence-electron chi connectivity index (χ3n) is 2.98. The van der Waals surface area contributed by atoms with E-state index in [9.17, 15) is 13.9 Å². The Morgan fingerprint density at radius 2 is 1.80 bits per heavy atom. The summed E-state index contributed by atoms with van der Waals surface area (Å²) in [5.74, 6) is -1.13. The summed E-state index contributed by atoms with van der Waals surface area (Å²) in [4.78, 5) is 0. The molecule has 2 N–H and O–H groups in total. The van der Waals surface area contributed by atoms with Gasteiger partial charge in [-0.2, -0.15) is 0 Å². The third kappa shape index (κ3) is 3.48. The molecule has 20 heavy (non-hydrogen) atoms. The van der Waals surface area contributed by atoms with Gasteiger partial charge in [0.25, 0.3) is 0 Å². The van der Waals surface area contributed by atoms with Crippen LogP contribution in [0.15, 0.2) is 40.9 Å². The van der Waals surface area contributed by atoms with Crippen LogP contribution in [0.4, 0.5) is 14.5 Å². The first kappa shape index (κ1) is 14.8. The van der Waals surface area contributed by atoms with E-state index in [4.69, 9.17) is 0 Å². The van der Waals surface area contributed by atoms with Crippen LogP contribution in [0.2, 0.25) is 0 Å². The van der Waals surface area contributed by atoms with Gasteiger partial charge < -0.3 is 10.4 Å². The molecule has 0 aliphatic heterocycles. The van der Waals surface area contributed by atoms with Crippen LogP contribution in [0.3, 0.4) is 0 Å². The molecule has 2 aromatic carbocycles. The predicted molar refractivity (Wildman–Crippen MR) is 78.8 cm³/mol. The lowest BCUT2D eigenvalue weighted by atomic mass is 10.0. The highest BCUT2D eigenvalue weighted by molar-refractivity contribution is 9.10. The lowest BCUT2D eigenvalue weighted by molar-refractivity contribution is 0.462. The molecule has 2 nitrogen and oxygen atoms in total. The molecule has 0 saturated heterocycles. The second kappa shape index (κ2) is 6.22. The molecule has 0 aliphatic carbocycles. The van der Waals surface area contributed by atoms with E-state index in [0.29, 0.717) is 17.7 Å². The summed E-state index contributed by atoms with van der Waals surface area (Å²) >= 11 is 3.34. The molecule has 106 valence electrons. The van der Waals surface area contributed by atoms with Gasteiger partial charge in [-0.15, -0.1) is 0 Å². The number of halogens is 3. The highest BCUT2D eigenvalue weighted by atomic mass is 79.9. The van der Waals surface area contributed by atoms with Crippen molar-refractivity contribution in [1.82, 2.24) is 0 Å². The van der Waals surface area contributed by atoms with Crippen molar-refractivity contribution < 1.29 is 13.9 Å². The minimum Gasteiger partial charge on any atom is -0.508 e. The molecule has 1 atom stereocenters. The maximum absolute atomic E-state index is 13.2. The van der Waals surface area contributed by atoms with Crippen LogP contribution in [0.25, 0.3) is 0 Å². The monoisotopic (exact) mass is 341 g/mol. The van der Waals surface area contributed by atoms with Crippen molar-refractivity contribution in [3.8, 4) is 5.75 Å². The smallest absolute Gasteiger partial charge is 0.128 e. The van der Waals surface area contributed by atoms with E-state index in [1.165, 1.54) is 12.1 Å². The van der Waals surface area contributed by atoms with E-state index in [-0.39, 0.29) is 11.8 Å². The van der Waals surface area contributed by atoms with Crippen LogP contribution in [-0.4, -0.2) is 5.11 Å². The van der Waals surface area contributed by atoms with Gasteiger partial charge in [0, 0.05) is 21.8 Å². The first-order valence-corrected chi connectivity index (χ1v) is 7.00. The van der Waals surface area contributed by atoms with Crippen molar-refractivity contribution in [2.75, 3.05) is 5.32 Å². The van der Waals surface area contributed by atoms with Gasteiger partial charge in [0.05, 0.1) is 6.04 Å². The molecule has 0 heterocycles. The number of hydrogen-bond donors (Lipinski definition) is 2. The number of nitrogens with one attached hydrogen (secondary N) is 1. The zero-order valence-electron chi connectivity index (χ0n) is 10.8. The summed E-state index contributed by atoms with van der Waals surface area (Å²) in [6, 6.07) is 8.12. The SMILES string of the molecule is CCC(Nc1cc(F)cc(F)c1)c1cc(Br)ccc1O. The number of anilines is 1. The fourth-order valence-electron chi connectivity index (χ4n) is 2.04. The molecule has 1 unspecified atom stereocenters.